The Bertz CT molecular complexity index is 698. The number of halogens is 2. The van der Waals surface area contributed by atoms with Crippen molar-refractivity contribution >= 4 is 11.6 Å². The lowest BCUT2D eigenvalue weighted by atomic mass is 10.2. The average Bonchev–Trinajstić information content (AvgIpc) is 3.16. The number of rotatable bonds is 7. The lowest BCUT2D eigenvalue weighted by Gasteiger charge is -2.22. The van der Waals surface area contributed by atoms with Crippen molar-refractivity contribution in [3.05, 3.63) is 52.1 Å². The highest BCUT2D eigenvalue weighted by Crippen LogP contribution is 2.21. The van der Waals surface area contributed by atoms with Crippen LogP contribution < -0.4 is 5.32 Å². The Hall–Kier alpha value is -1.43. The van der Waals surface area contributed by atoms with Crippen LogP contribution in [0.1, 0.15) is 36.6 Å². The summed E-state index contributed by atoms with van der Waals surface area (Å²) in [7, 11) is 0. The second-order valence-corrected chi connectivity index (χ2v) is 7.05. The first-order chi connectivity index (χ1) is 12.1. The van der Waals surface area contributed by atoms with Gasteiger partial charge in [-0.3, -0.25) is 4.90 Å². The SMILES string of the molecule is CCN1CCCC1CNCc1c(C)nn(Cc2ccc(F)cc2)c1Cl. The highest BCUT2D eigenvalue weighted by atomic mass is 35.5. The molecule has 1 aliphatic rings. The second kappa shape index (κ2) is 8.30. The van der Waals surface area contributed by atoms with Crippen LogP contribution in [0.4, 0.5) is 4.39 Å². The Morgan fingerprint density at radius 1 is 1.32 bits per heavy atom. The summed E-state index contributed by atoms with van der Waals surface area (Å²) in [6, 6.07) is 7.07. The van der Waals surface area contributed by atoms with Gasteiger partial charge in [0, 0.05) is 24.7 Å². The van der Waals surface area contributed by atoms with E-state index >= 15 is 0 Å². The molecule has 136 valence electrons. The zero-order valence-electron chi connectivity index (χ0n) is 14.9. The number of hydrogen-bond acceptors (Lipinski definition) is 3. The summed E-state index contributed by atoms with van der Waals surface area (Å²) in [4.78, 5) is 2.53. The normalized spacial score (nSPS) is 18.2. The van der Waals surface area contributed by atoms with Gasteiger partial charge in [0.15, 0.2) is 0 Å². The van der Waals surface area contributed by atoms with Crippen LogP contribution in [-0.4, -0.2) is 40.4 Å². The molecule has 0 amide bonds. The lowest BCUT2D eigenvalue weighted by molar-refractivity contribution is 0.260. The maximum atomic E-state index is 13.0. The van der Waals surface area contributed by atoms with Crippen LogP contribution in [0.15, 0.2) is 24.3 Å². The summed E-state index contributed by atoms with van der Waals surface area (Å²) in [5, 5.41) is 8.76. The molecule has 1 N–H and O–H groups in total. The van der Waals surface area contributed by atoms with Crippen molar-refractivity contribution in [3.63, 3.8) is 0 Å². The predicted molar refractivity (Wildman–Crippen MR) is 99.5 cm³/mol. The third kappa shape index (κ3) is 4.40. The van der Waals surface area contributed by atoms with Gasteiger partial charge < -0.3 is 5.32 Å². The maximum absolute atomic E-state index is 13.0. The van der Waals surface area contributed by atoms with Crippen LogP contribution in [0.2, 0.25) is 5.15 Å². The first-order valence-corrected chi connectivity index (χ1v) is 9.37. The van der Waals surface area contributed by atoms with Gasteiger partial charge in [-0.1, -0.05) is 30.7 Å². The van der Waals surface area contributed by atoms with Crippen molar-refractivity contribution in [2.75, 3.05) is 19.6 Å². The molecular formula is C19H26ClFN4. The summed E-state index contributed by atoms with van der Waals surface area (Å²) < 4.78 is 14.8. The molecule has 1 atom stereocenters. The maximum Gasteiger partial charge on any atom is 0.132 e. The standard InChI is InChI=1S/C19H26ClFN4/c1-3-24-10-4-5-17(24)11-22-12-18-14(2)23-25(19(18)20)13-15-6-8-16(21)9-7-15/h6-9,17,22H,3-5,10-13H2,1-2H3. The monoisotopic (exact) mass is 364 g/mol. The van der Waals surface area contributed by atoms with E-state index in [4.69, 9.17) is 11.6 Å². The highest BCUT2D eigenvalue weighted by Gasteiger charge is 2.22. The molecule has 0 saturated carbocycles. The zero-order valence-corrected chi connectivity index (χ0v) is 15.7. The molecule has 0 bridgehead atoms. The molecule has 1 aromatic heterocycles. The van der Waals surface area contributed by atoms with E-state index in [1.54, 1.807) is 16.8 Å². The van der Waals surface area contributed by atoms with Gasteiger partial charge >= 0.3 is 0 Å². The largest absolute Gasteiger partial charge is 0.311 e. The Morgan fingerprint density at radius 3 is 2.80 bits per heavy atom. The average molecular weight is 365 g/mol. The van der Waals surface area contributed by atoms with E-state index in [1.807, 2.05) is 6.92 Å². The van der Waals surface area contributed by atoms with Crippen LogP contribution in [0.25, 0.3) is 0 Å². The molecule has 6 heteroatoms. The van der Waals surface area contributed by atoms with Gasteiger partial charge in [-0.2, -0.15) is 5.10 Å². The van der Waals surface area contributed by atoms with Crippen molar-refractivity contribution in [1.82, 2.24) is 20.0 Å². The molecule has 0 spiro atoms. The van der Waals surface area contributed by atoms with Gasteiger partial charge in [-0.15, -0.1) is 0 Å². The van der Waals surface area contributed by atoms with Crippen molar-refractivity contribution in [1.29, 1.82) is 0 Å². The highest BCUT2D eigenvalue weighted by molar-refractivity contribution is 6.30. The fourth-order valence-corrected chi connectivity index (χ4v) is 3.87. The smallest absolute Gasteiger partial charge is 0.132 e. The zero-order chi connectivity index (χ0) is 17.8. The van der Waals surface area contributed by atoms with Crippen LogP contribution in [-0.2, 0) is 13.1 Å². The molecule has 3 rings (SSSR count). The van der Waals surface area contributed by atoms with E-state index in [9.17, 15) is 4.39 Å². The van der Waals surface area contributed by atoms with E-state index in [0.717, 1.165) is 36.5 Å². The van der Waals surface area contributed by atoms with E-state index in [1.165, 1.54) is 31.5 Å². The van der Waals surface area contributed by atoms with Crippen molar-refractivity contribution in [2.24, 2.45) is 0 Å². The summed E-state index contributed by atoms with van der Waals surface area (Å²) >= 11 is 6.54. The van der Waals surface area contributed by atoms with Crippen molar-refractivity contribution in [2.45, 2.75) is 45.8 Å². The molecule has 1 saturated heterocycles. The molecule has 0 aliphatic carbocycles. The van der Waals surface area contributed by atoms with Gasteiger partial charge in [0.05, 0.1) is 12.2 Å². The van der Waals surface area contributed by atoms with Gasteiger partial charge in [0.2, 0.25) is 0 Å². The molecular weight excluding hydrogens is 339 g/mol. The number of nitrogens with one attached hydrogen (secondary N) is 1. The topological polar surface area (TPSA) is 33.1 Å². The fourth-order valence-electron chi connectivity index (χ4n) is 3.57. The molecule has 2 aromatic rings. The first-order valence-electron chi connectivity index (χ1n) is 8.99. The third-order valence-corrected chi connectivity index (χ3v) is 5.44. The van der Waals surface area contributed by atoms with Gasteiger partial charge in [-0.05, 0) is 50.6 Å². The Labute approximate surface area is 154 Å². The molecule has 1 unspecified atom stereocenters. The van der Waals surface area contributed by atoms with Crippen molar-refractivity contribution in [3.8, 4) is 0 Å². The third-order valence-electron chi connectivity index (χ3n) is 5.02. The van der Waals surface area contributed by atoms with E-state index in [-0.39, 0.29) is 5.82 Å². The van der Waals surface area contributed by atoms with Crippen LogP contribution in [0.5, 0.6) is 0 Å². The van der Waals surface area contributed by atoms with Crippen molar-refractivity contribution < 1.29 is 4.39 Å². The first kappa shape index (κ1) is 18.4. The number of aromatic nitrogens is 2. The summed E-state index contributed by atoms with van der Waals surface area (Å²) in [5.41, 5.74) is 2.97. The summed E-state index contributed by atoms with van der Waals surface area (Å²) in [6.07, 6.45) is 2.55. The Morgan fingerprint density at radius 2 is 2.08 bits per heavy atom. The Balaban J connectivity index is 1.60. The minimum atomic E-state index is -0.232. The number of likely N-dealkylation sites (tertiary alicyclic amines) is 1. The van der Waals surface area contributed by atoms with Crippen LogP contribution in [0.3, 0.4) is 0 Å². The molecule has 2 heterocycles. The van der Waals surface area contributed by atoms with E-state index in [0.29, 0.717) is 17.7 Å². The number of hydrogen-bond donors (Lipinski definition) is 1. The lowest BCUT2D eigenvalue weighted by Crippen LogP contribution is -2.37. The predicted octanol–water partition coefficient (Wildman–Crippen LogP) is 3.61. The molecule has 1 aliphatic heterocycles. The second-order valence-electron chi connectivity index (χ2n) is 6.69. The summed E-state index contributed by atoms with van der Waals surface area (Å²) in [5.74, 6) is -0.232. The molecule has 1 aromatic carbocycles. The quantitative estimate of drug-likeness (QED) is 0.814. The molecule has 25 heavy (non-hydrogen) atoms. The van der Waals surface area contributed by atoms with Gasteiger partial charge in [0.25, 0.3) is 0 Å². The van der Waals surface area contributed by atoms with Crippen LogP contribution in [0, 0.1) is 12.7 Å². The molecule has 4 nitrogen and oxygen atoms in total. The van der Waals surface area contributed by atoms with Crippen LogP contribution >= 0.6 is 11.6 Å². The fraction of sp³-hybridized carbons (Fsp3) is 0.526. The molecule has 0 radical (unpaired) electrons. The van der Waals surface area contributed by atoms with E-state index < -0.39 is 0 Å². The number of likely N-dealkylation sites (N-methyl/N-ethyl adjacent to an activating group) is 1. The minimum absolute atomic E-state index is 0.232. The number of nitrogens with zero attached hydrogens (tertiary/aromatic N) is 3. The molecule has 1 fully saturated rings. The summed E-state index contributed by atoms with van der Waals surface area (Å²) in [6.45, 7) is 8.78. The van der Waals surface area contributed by atoms with Gasteiger partial charge in [0.1, 0.15) is 11.0 Å². The van der Waals surface area contributed by atoms with E-state index in [2.05, 4.69) is 22.2 Å². The Kier molecular flexibility index (Phi) is 6.10. The number of aryl methyl sites for hydroxylation is 1. The number of benzene rings is 1. The minimum Gasteiger partial charge on any atom is -0.311 e. The van der Waals surface area contributed by atoms with Gasteiger partial charge in [-0.25, -0.2) is 9.07 Å².